The van der Waals surface area contributed by atoms with Gasteiger partial charge in [-0.3, -0.25) is 0 Å². The van der Waals surface area contributed by atoms with Gasteiger partial charge in [-0.15, -0.1) is 0 Å². The number of carboxylic acid groups (broad SMARTS) is 1. The molecular formula is C14H19NO4. The van der Waals surface area contributed by atoms with Gasteiger partial charge in [-0.25, -0.2) is 9.59 Å². The minimum atomic E-state index is -0.973. The van der Waals surface area contributed by atoms with Crippen LogP contribution in [0.5, 0.6) is 0 Å². The summed E-state index contributed by atoms with van der Waals surface area (Å²) in [7, 11) is 0. The van der Waals surface area contributed by atoms with E-state index in [2.05, 4.69) is 5.32 Å². The molecule has 104 valence electrons. The van der Waals surface area contributed by atoms with Crippen molar-refractivity contribution in [3.63, 3.8) is 0 Å². The summed E-state index contributed by atoms with van der Waals surface area (Å²) in [4.78, 5) is 22.3. The molecule has 1 unspecified atom stereocenters. The maximum atomic E-state index is 11.6. The fourth-order valence-corrected chi connectivity index (χ4v) is 1.48. The average Bonchev–Trinajstić information content (AvgIpc) is 2.26. The molecule has 0 aromatic heterocycles. The summed E-state index contributed by atoms with van der Waals surface area (Å²) in [6.07, 6.45) is -0.498. The maximum absolute atomic E-state index is 11.6. The van der Waals surface area contributed by atoms with Gasteiger partial charge in [0, 0.05) is 0 Å². The van der Waals surface area contributed by atoms with Crippen LogP contribution in [0.1, 0.15) is 49.7 Å². The zero-order chi connectivity index (χ0) is 14.6. The number of carbonyl (C=O) groups excluding carboxylic acids is 1. The predicted octanol–water partition coefficient (Wildman–Crippen LogP) is 2.97. The molecule has 0 aliphatic heterocycles. The predicted molar refractivity (Wildman–Crippen MR) is 71.2 cm³/mol. The number of amides is 1. The first-order chi connectivity index (χ1) is 8.69. The van der Waals surface area contributed by atoms with E-state index in [1.165, 1.54) is 12.1 Å². The molecule has 5 nitrogen and oxygen atoms in total. The second-order valence-electron chi connectivity index (χ2n) is 5.30. The molecule has 0 heterocycles. The zero-order valence-corrected chi connectivity index (χ0v) is 11.6. The Morgan fingerprint density at radius 1 is 1.21 bits per heavy atom. The van der Waals surface area contributed by atoms with Crippen LogP contribution >= 0.6 is 0 Å². The number of hydrogen-bond donors (Lipinski definition) is 2. The van der Waals surface area contributed by atoms with E-state index in [-0.39, 0.29) is 11.6 Å². The number of carbonyl (C=O) groups is 2. The van der Waals surface area contributed by atoms with Crippen molar-refractivity contribution in [1.29, 1.82) is 0 Å². The highest BCUT2D eigenvalue weighted by molar-refractivity contribution is 5.87. The number of aromatic carboxylic acids is 1. The monoisotopic (exact) mass is 265 g/mol. The largest absolute Gasteiger partial charge is 0.478 e. The zero-order valence-electron chi connectivity index (χ0n) is 11.6. The lowest BCUT2D eigenvalue weighted by atomic mass is 10.1. The fourth-order valence-electron chi connectivity index (χ4n) is 1.48. The van der Waals surface area contributed by atoms with E-state index in [1.807, 2.05) is 0 Å². The number of ether oxygens (including phenoxy) is 1. The van der Waals surface area contributed by atoms with Gasteiger partial charge in [0.2, 0.25) is 0 Å². The van der Waals surface area contributed by atoms with Crippen LogP contribution in [0.4, 0.5) is 4.79 Å². The van der Waals surface area contributed by atoms with Gasteiger partial charge in [0.05, 0.1) is 11.6 Å². The Morgan fingerprint density at radius 3 is 2.16 bits per heavy atom. The van der Waals surface area contributed by atoms with E-state index in [0.717, 1.165) is 5.56 Å². The molecule has 0 aliphatic carbocycles. The molecule has 0 spiro atoms. The van der Waals surface area contributed by atoms with Crippen molar-refractivity contribution in [2.45, 2.75) is 39.3 Å². The summed E-state index contributed by atoms with van der Waals surface area (Å²) in [5.41, 5.74) is 0.487. The molecule has 0 saturated heterocycles. The number of rotatable bonds is 3. The SMILES string of the molecule is CC(NC(=O)OC(C)(C)C)c1ccc(C(=O)O)cc1. The number of benzene rings is 1. The van der Waals surface area contributed by atoms with Gasteiger partial charge < -0.3 is 15.2 Å². The van der Waals surface area contributed by atoms with E-state index >= 15 is 0 Å². The highest BCUT2D eigenvalue weighted by Crippen LogP contribution is 2.15. The third-order valence-electron chi connectivity index (χ3n) is 2.39. The first kappa shape index (κ1) is 15.0. The van der Waals surface area contributed by atoms with Crippen molar-refractivity contribution in [1.82, 2.24) is 5.32 Å². The van der Waals surface area contributed by atoms with E-state index in [0.29, 0.717) is 0 Å². The molecular weight excluding hydrogens is 246 g/mol. The molecule has 0 fully saturated rings. The van der Waals surface area contributed by atoms with Gasteiger partial charge in [0.1, 0.15) is 5.60 Å². The Morgan fingerprint density at radius 2 is 1.74 bits per heavy atom. The lowest BCUT2D eigenvalue weighted by molar-refractivity contribution is 0.0507. The van der Waals surface area contributed by atoms with Crippen LogP contribution in [0.2, 0.25) is 0 Å². The molecule has 0 aliphatic rings. The van der Waals surface area contributed by atoms with Gasteiger partial charge >= 0.3 is 12.1 Å². The Kier molecular flexibility index (Phi) is 4.53. The average molecular weight is 265 g/mol. The van der Waals surface area contributed by atoms with Crippen molar-refractivity contribution < 1.29 is 19.4 Å². The molecule has 1 aromatic carbocycles. The summed E-state index contributed by atoms with van der Waals surface area (Å²) in [5.74, 6) is -0.973. The Balaban J connectivity index is 2.65. The van der Waals surface area contributed by atoms with E-state index in [9.17, 15) is 9.59 Å². The van der Waals surface area contributed by atoms with Crippen LogP contribution in [-0.2, 0) is 4.74 Å². The van der Waals surface area contributed by atoms with Crippen LogP contribution in [0.15, 0.2) is 24.3 Å². The van der Waals surface area contributed by atoms with Gasteiger partial charge in [0.25, 0.3) is 0 Å². The fraction of sp³-hybridized carbons (Fsp3) is 0.429. The van der Waals surface area contributed by atoms with Crippen molar-refractivity contribution in [2.24, 2.45) is 0 Å². The number of hydrogen-bond acceptors (Lipinski definition) is 3. The Bertz CT molecular complexity index is 459. The summed E-state index contributed by atoms with van der Waals surface area (Å²) in [6, 6.07) is 6.10. The smallest absolute Gasteiger partial charge is 0.408 e. The van der Waals surface area contributed by atoms with Crippen molar-refractivity contribution in [3.8, 4) is 0 Å². The lowest BCUT2D eigenvalue weighted by Crippen LogP contribution is -2.34. The molecule has 0 radical (unpaired) electrons. The summed E-state index contributed by atoms with van der Waals surface area (Å²) in [5, 5.41) is 11.5. The number of alkyl carbamates (subject to hydrolysis) is 1. The highest BCUT2D eigenvalue weighted by atomic mass is 16.6. The highest BCUT2D eigenvalue weighted by Gasteiger charge is 2.18. The lowest BCUT2D eigenvalue weighted by Gasteiger charge is -2.22. The summed E-state index contributed by atoms with van der Waals surface area (Å²) >= 11 is 0. The van der Waals surface area contributed by atoms with E-state index in [1.54, 1.807) is 39.8 Å². The third-order valence-corrected chi connectivity index (χ3v) is 2.39. The van der Waals surface area contributed by atoms with Gasteiger partial charge in [-0.05, 0) is 45.4 Å². The number of carboxylic acids is 1. The molecule has 19 heavy (non-hydrogen) atoms. The van der Waals surface area contributed by atoms with Crippen molar-refractivity contribution in [3.05, 3.63) is 35.4 Å². The van der Waals surface area contributed by atoms with Crippen molar-refractivity contribution >= 4 is 12.1 Å². The van der Waals surface area contributed by atoms with Gasteiger partial charge in [-0.1, -0.05) is 12.1 Å². The molecule has 1 aromatic rings. The Labute approximate surface area is 112 Å². The molecule has 0 bridgehead atoms. The van der Waals surface area contributed by atoms with E-state index < -0.39 is 17.7 Å². The van der Waals surface area contributed by atoms with Crippen LogP contribution in [0.3, 0.4) is 0 Å². The van der Waals surface area contributed by atoms with Gasteiger partial charge in [-0.2, -0.15) is 0 Å². The number of nitrogens with one attached hydrogen (secondary N) is 1. The summed E-state index contributed by atoms with van der Waals surface area (Å²) < 4.78 is 5.15. The molecule has 1 atom stereocenters. The minimum Gasteiger partial charge on any atom is -0.478 e. The normalized spacial score (nSPS) is 12.6. The first-order valence-electron chi connectivity index (χ1n) is 6.02. The van der Waals surface area contributed by atoms with Crippen LogP contribution < -0.4 is 5.32 Å². The van der Waals surface area contributed by atoms with Crippen molar-refractivity contribution in [2.75, 3.05) is 0 Å². The van der Waals surface area contributed by atoms with Crippen LogP contribution in [0, 0.1) is 0 Å². The van der Waals surface area contributed by atoms with Crippen LogP contribution in [-0.4, -0.2) is 22.8 Å². The summed E-state index contributed by atoms with van der Waals surface area (Å²) in [6.45, 7) is 7.18. The van der Waals surface area contributed by atoms with E-state index in [4.69, 9.17) is 9.84 Å². The second-order valence-corrected chi connectivity index (χ2v) is 5.30. The molecule has 2 N–H and O–H groups in total. The second kappa shape index (κ2) is 5.73. The minimum absolute atomic E-state index is 0.216. The van der Waals surface area contributed by atoms with Gasteiger partial charge in [0.15, 0.2) is 0 Å². The Hall–Kier alpha value is -2.04. The quantitative estimate of drug-likeness (QED) is 0.881. The molecule has 1 rings (SSSR count). The topological polar surface area (TPSA) is 75.6 Å². The first-order valence-corrected chi connectivity index (χ1v) is 6.02. The standard InChI is InChI=1S/C14H19NO4/c1-9(15-13(18)19-14(2,3)4)10-5-7-11(8-6-10)12(16)17/h5-9H,1-4H3,(H,15,18)(H,16,17). The maximum Gasteiger partial charge on any atom is 0.408 e. The van der Waals surface area contributed by atoms with Crippen LogP contribution in [0.25, 0.3) is 0 Å². The third kappa shape index (κ3) is 4.99. The molecule has 5 heteroatoms. The molecule has 1 amide bonds. The molecule has 0 saturated carbocycles.